The summed E-state index contributed by atoms with van der Waals surface area (Å²) in [5, 5.41) is 2.91. The number of thiocarbonyl (C=S) groups is 1. The van der Waals surface area contributed by atoms with E-state index in [0.717, 1.165) is 11.1 Å². The Labute approximate surface area is 123 Å². The molecule has 0 aliphatic carbocycles. The first-order chi connectivity index (χ1) is 9.66. The Morgan fingerprint density at radius 3 is 2.40 bits per heavy atom. The number of nitrogens with two attached hydrogens (primary N) is 1. The normalized spacial score (nSPS) is 10.0. The highest BCUT2D eigenvalue weighted by Gasteiger charge is 2.10. The van der Waals surface area contributed by atoms with Gasteiger partial charge < -0.3 is 11.1 Å². The standard InChI is InChI=1S/C16H16N2OS/c17-15(20)10-13-8-4-5-9-14(13)16(19)18-11-12-6-2-1-3-7-12/h1-9H,10-11H2,(H2,17,20)(H,18,19). The third-order valence-corrected chi connectivity index (χ3v) is 3.07. The number of carbonyl (C=O) groups is 1. The monoisotopic (exact) mass is 284 g/mol. The quantitative estimate of drug-likeness (QED) is 0.829. The number of hydrogen-bond acceptors (Lipinski definition) is 2. The molecule has 102 valence electrons. The second-order valence-electron chi connectivity index (χ2n) is 4.47. The molecular formula is C16H16N2OS. The van der Waals surface area contributed by atoms with E-state index in [9.17, 15) is 4.79 Å². The van der Waals surface area contributed by atoms with Gasteiger partial charge >= 0.3 is 0 Å². The molecule has 20 heavy (non-hydrogen) atoms. The molecule has 0 atom stereocenters. The van der Waals surface area contributed by atoms with Crippen LogP contribution in [0.2, 0.25) is 0 Å². The minimum Gasteiger partial charge on any atom is -0.393 e. The molecule has 0 saturated heterocycles. The summed E-state index contributed by atoms with van der Waals surface area (Å²) in [6.07, 6.45) is 0.435. The number of rotatable bonds is 5. The summed E-state index contributed by atoms with van der Waals surface area (Å²) in [7, 11) is 0. The first-order valence-corrected chi connectivity index (χ1v) is 6.76. The van der Waals surface area contributed by atoms with Gasteiger partial charge in [0, 0.05) is 18.5 Å². The third kappa shape index (κ3) is 3.90. The topological polar surface area (TPSA) is 55.1 Å². The smallest absolute Gasteiger partial charge is 0.251 e. The summed E-state index contributed by atoms with van der Waals surface area (Å²) in [6, 6.07) is 17.2. The Morgan fingerprint density at radius 2 is 1.70 bits per heavy atom. The maximum absolute atomic E-state index is 12.2. The van der Waals surface area contributed by atoms with Gasteiger partial charge in [0.1, 0.15) is 0 Å². The van der Waals surface area contributed by atoms with Crippen LogP contribution < -0.4 is 11.1 Å². The number of hydrogen-bond donors (Lipinski definition) is 2. The van der Waals surface area contributed by atoms with Crippen LogP contribution in [0.1, 0.15) is 21.5 Å². The predicted molar refractivity (Wildman–Crippen MR) is 84.5 cm³/mol. The molecule has 2 rings (SSSR count). The van der Waals surface area contributed by atoms with Crippen molar-refractivity contribution < 1.29 is 4.79 Å². The lowest BCUT2D eigenvalue weighted by Crippen LogP contribution is -2.25. The summed E-state index contributed by atoms with van der Waals surface area (Å²) in [5.41, 5.74) is 8.09. The van der Waals surface area contributed by atoms with E-state index >= 15 is 0 Å². The van der Waals surface area contributed by atoms with E-state index in [1.54, 1.807) is 6.07 Å². The van der Waals surface area contributed by atoms with Gasteiger partial charge in [0.2, 0.25) is 0 Å². The molecule has 0 aliphatic rings. The van der Waals surface area contributed by atoms with Crippen molar-refractivity contribution in [3.63, 3.8) is 0 Å². The molecule has 0 fully saturated rings. The lowest BCUT2D eigenvalue weighted by atomic mass is 10.0. The van der Waals surface area contributed by atoms with Gasteiger partial charge in [0.05, 0.1) is 4.99 Å². The molecule has 0 spiro atoms. The fourth-order valence-corrected chi connectivity index (χ4v) is 2.11. The molecule has 0 saturated carbocycles. The van der Waals surface area contributed by atoms with Crippen LogP contribution in [0.4, 0.5) is 0 Å². The molecule has 0 aromatic heterocycles. The maximum Gasteiger partial charge on any atom is 0.251 e. The van der Waals surface area contributed by atoms with Crippen molar-refractivity contribution in [2.24, 2.45) is 5.73 Å². The highest BCUT2D eigenvalue weighted by molar-refractivity contribution is 7.80. The van der Waals surface area contributed by atoms with Gasteiger partial charge in [0.25, 0.3) is 5.91 Å². The van der Waals surface area contributed by atoms with Crippen LogP contribution in [0.5, 0.6) is 0 Å². The minimum absolute atomic E-state index is 0.110. The number of nitrogens with one attached hydrogen (secondary N) is 1. The van der Waals surface area contributed by atoms with E-state index < -0.39 is 0 Å². The highest BCUT2D eigenvalue weighted by Crippen LogP contribution is 2.10. The van der Waals surface area contributed by atoms with E-state index in [-0.39, 0.29) is 5.91 Å². The summed E-state index contributed by atoms with van der Waals surface area (Å²) in [5.74, 6) is -0.110. The van der Waals surface area contributed by atoms with Crippen LogP contribution >= 0.6 is 12.2 Å². The Hall–Kier alpha value is -2.20. The first-order valence-electron chi connectivity index (χ1n) is 6.35. The molecule has 0 heterocycles. The fraction of sp³-hybridized carbons (Fsp3) is 0.125. The molecule has 0 bridgehead atoms. The summed E-state index contributed by atoms with van der Waals surface area (Å²) >= 11 is 4.91. The molecule has 2 aromatic rings. The number of carbonyl (C=O) groups excluding carboxylic acids is 1. The summed E-state index contributed by atoms with van der Waals surface area (Å²) in [6.45, 7) is 0.501. The third-order valence-electron chi connectivity index (χ3n) is 2.92. The lowest BCUT2D eigenvalue weighted by Gasteiger charge is -2.09. The zero-order valence-electron chi connectivity index (χ0n) is 11.0. The number of amides is 1. The Kier molecular flexibility index (Phi) is 4.85. The van der Waals surface area contributed by atoms with E-state index in [2.05, 4.69) is 5.32 Å². The van der Waals surface area contributed by atoms with E-state index in [1.807, 2.05) is 48.5 Å². The maximum atomic E-state index is 12.2. The van der Waals surface area contributed by atoms with Gasteiger partial charge in [-0.15, -0.1) is 0 Å². The van der Waals surface area contributed by atoms with E-state index in [1.165, 1.54) is 0 Å². The Balaban J connectivity index is 2.07. The van der Waals surface area contributed by atoms with Crippen molar-refractivity contribution in [2.75, 3.05) is 0 Å². The van der Waals surface area contributed by atoms with Gasteiger partial charge in [-0.3, -0.25) is 4.79 Å². The summed E-state index contributed by atoms with van der Waals surface area (Å²) < 4.78 is 0. The van der Waals surface area contributed by atoms with Crippen molar-refractivity contribution in [1.29, 1.82) is 0 Å². The summed E-state index contributed by atoms with van der Waals surface area (Å²) in [4.78, 5) is 12.6. The zero-order chi connectivity index (χ0) is 14.4. The molecule has 3 nitrogen and oxygen atoms in total. The molecule has 4 heteroatoms. The molecule has 1 amide bonds. The van der Waals surface area contributed by atoms with Gasteiger partial charge in [-0.2, -0.15) is 0 Å². The molecule has 2 aromatic carbocycles. The van der Waals surface area contributed by atoms with Crippen molar-refractivity contribution in [2.45, 2.75) is 13.0 Å². The largest absolute Gasteiger partial charge is 0.393 e. The second-order valence-corrected chi connectivity index (χ2v) is 4.99. The molecule has 0 aliphatic heterocycles. The Bertz CT molecular complexity index is 611. The van der Waals surface area contributed by atoms with Gasteiger partial charge in [-0.05, 0) is 17.2 Å². The van der Waals surface area contributed by atoms with Crippen molar-refractivity contribution in [1.82, 2.24) is 5.32 Å². The Morgan fingerprint density at radius 1 is 1.05 bits per heavy atom. The molecular weight excluding hydrogens is 268 g/mol. The molecule has 0 radical (unpaired) electrons. The average molecular weight is 284 g/mol. The zero-order valence-corrected chi connectivity index (χ0v) is 11.8. The van der Waals surface area contributed by atoms with Crippen LogP contribution in [0.15, 0.2) is 54.6 Å². The molecule has 3 N–H and O–H groups in total. The van der Waals surface area contributed by atoms with Crippen LogP contribution in [0.25, 0.3) is 0 Å². The van der Waals surface area contributed by atoms with Crippen molar-refractivity contribution in [3.05, 3.63) is 71.3 Å². The van der Waals surface area contributed by atoms with Crippen LogP contribution in [0.3, 0.4) is 0 Å². The lowest BCUT2D eigenvalue weighted by molar-refractivity contribution is 0.0950. The minimum atomic E-state index is -0.110. The van der Waals surface area contributed by atoms with Gasteiger partial charge in [-0.1, -0.05) is 60.7 Å². The number of benzene rings is 2. The predicted octanol–water partition coefficient (Wildman–Crippen LogP) is 2.45. The van der Waals surface area contributed by atoms with Gasteiger partial charge in [-0.25, -0.2) is 0 Å². The van der Waals surface area contributed by atoms with Crippen molar-refractivity contribution in [3.8, 4) is 0 Å². The fourth-order valence-electron chi connectivity index (χ4n) is 1.96. The van der Waals surface area contributed by atoms with Crippen LogP contribution in [-0.2, 0) is 13.0 Å². The van der Waals surface area contributed by atoms with E-state index in [4.69, 9.17) is 18.0 Å². The van der Waals surface area contributed by atoms with Crippen LogP contribution in [-0.4, -0.2) is 10.9 Å². The van der Waals surface area contributed by atoms with E-state index in [0.29, 0.717) is 23.5 Å². The molecule has 0 unspecified atom stereocenters. The first kappa shape index (κ1) is 14.2. The average Bonchev–Trinajstić information content (AvgIpc) is 2.46. The van der Waals surface area contributed by atoms with Gasteiger partial charge in [0.15, 0.2) is 0 Å². The SMILES string of the molecule is NC(=S)Cc1ccccc1C(=O)NCc1ccccc1. The van der Waals surface area contributed by atoms with Crippen molar-refractivity contribution >= 4 is 23.1 Å². The second kappa shape index (κ2) is 6.82. The van der Waals surface area contributed by atoms with Crippen LogP contribution in [0, 0.1) is 0 Å². The highest BCUT2D eigenvalue weighted by atomic mass is 32.1.